The van der Waals surface area contributed by atoms with E-state index in [1.54, 1.807) is 0 Å². The van der Waals surface area contributed by atoms with Crippen molar-refractivity contribution >= 4 is 17.8 Å². The predicted molar refractivity (Wildman–Crippen MR) is 113 cm³/mol. The van der Waals surface area contributed by atoms with E-state index in [2.05, 4.69) is 5.32 Å². The molecule has 0 aliphatic carbocycles. The zero-order valence-corrected chi connectivity index (χ0v) is 17.6. The maximum Gasteiger partial charge on any atom is 0.337 e. The Bertz CT molecular complexity index is 946. The number of esters is 2. The number of rotatable bonds is 6. The van der Waals surface area contributed by atoms with Crippen molar-refractivity contribution in [2.75, 3.05) is 14.2 Å². The Morgan fingerprint density at radius 1 is 0.968 bits per heavy atom. The lowest BCUT2D eigenvalue weighted by molar-refractivity contribution is -0.163. The summed E-state index contributed by atoms with van der Waals surface area (Å²) in [6.07, 6.45) is 0.623. The van der Waals surface area contributed by atoms with Crippen molar-refractivity contribution in [3.8, 4) is 0 Å². The zero-order valence-electron chi connectivity index (χ0n) is 17.6. The first kappa shape index (κ1) is 21.1. The Labute approximate surface area is 181 Å². The van der Waals surface area contributed by atoms with Gasteiger partial charge in [0.1, 0.15) is 0 Å². The van der Waals surface area contributed by atoms with E-state index in [1.807, 2.05) is 65.6 Å². The molecule has 2 fully saturated rings. The fourth-order valence-electron chi connectivity index (χ4n) is 4.86. The van der Waals surface area contributed by atoms with Crippen LogP contribution in [0.1, 0.15) is 17.5 Å². The predicted octanol–water partition coefficient (Wildman–Crippen LogP) is 1.70. The van der Waals surface area contributed by atoms with Gasteiger partial charge in [-0.15, -0.1) is 0 Å². The standard InChI is InChI=1S/C24H26N2O5/c1-30-22(28)24(23(29)31-2)14-18-20(25-24)19(13-16-9-5-3-6-10-16)26(21(18)27)15-17-11-7-4-8-12-17/h3-12,18-20,25H,13-15H2,1-2H3/t18-,19-,20+/m0/s1. The highest BCUT2D eigenvalue weighted by molar-refractivity contribution is 6.06. The van der Waals surface area contributed by atoms with Gasteiger partial charge in [-0.05, 0) is 17.5 Å². The van der Waals surface area contributed by atoms with Crippen molar-refractivity contribution in [3.05, 3.63) is 71.8 Å². The zero-order chi connectivity index (χ0) is 22.0. The summed E-state index contributed by atoms with van der Waals surface area (Å²) in [6, 6.07) is 19.1. The third-order valence-corrected chi connectivity index (χ3v) is 6.34. The van der Waals surface area contributed by atoms with E-state index in [4.69, 9.17) is 9.47 Å². The summed E-state index contributed by atoms with van der Waals surface area (Å²) in [5, 5.41) is 3.17. The van der Waals surface area contributed by atoms with Crippen LogP contribution in [-0.2, 0) is 36.8 Å². The van der Waals surface area contributed by atoms with E-state index in [0.717, 1.165) is 11.1 Å². The minimum Gasteiger partial charge on any atom is -0.467 e. The summed E-state index contributed by atoms with van der Waals surface area (Å²) >= 11 is 0. The molecular weight excluding hydrogens is 396 g/mol. The number of ether oxygens (including phenoxy) is 2. The molecule has 0 spiro atoms. The van der Waals surface area contributed by atoms with Crippen LogP contribution in [0.15, 0.2) is 60.7 Å². The first-order valence-corrected chi connectivity index (χ1v) is 10.3. The van der Waals surface area contributed by atoms with Crippen LogP contribution in [0.5, 0.6) is 0 Å². The van der Waals surface area contributed by atoms with Crippen molar-refractivity contribution in [1.29, 1.82) is 0 Å². The van der Waals surface area contributed by atoms with Crippen molar-refractivity contribution in [2.45, 2.75) is 37.0 Å². The summed E-state index contributed by atoms with van der Waals surface area (Å²) < 4.78 is 9.82. The van der Waals surface area contributed by atoms with Gasteiger partial charge in [-0.1, -0.05) is 60.7 Å². The number of amides is 1. The monoisotopic (exact) mass is 422 g/mol. The molecule has 1 amide bonds. The van der Waals surface area contributed by atoms with E-state index in [9.17, 15) is 14.4 Å². The molecule has 2 aromatic carbocycles. The Hall–Kier alpha value is -3.19. The maximum absolute atomic E-state index is 13.5. The maximum atomic E-state index is 13.5. The summed E-state index contributed by atoms with van der Waals surface area (Å²) in [4.78, 5) is 40.6. The number of likely N-dealkylation sites (tertiary alicyclic amines) is 1. The molecule has 7 heteroatoms. The average molecular weight is 422 g/mol. The van der Waals surface area contributed by atoms with Gasteiger partial charge in [0.25, 0.3) is 0 Å². The number of carbonyl (C=O) groups is 3. The van der Waals surface area contributed by atoms with Crippen molar-refractivity contribution < 1.29 is 23.9 Å². The van der Waals surface area contributed by atoms with E-state index >= 15 is 0 Å². The van der Waals surface area contributed by atoms with Crippen LogP contribution >= 0.6 is 0 Å². The minimum absolute atomic E-state index is 0.0203. The second kappa shape index (κ2) is 8.51. The lowest BCUT2D eigenvalue weighted by Gasteiger charge is -2.32. The molecule has 0 bridgehead atoms. The normalized spacial score (nSPS) is 24.0. The number of hydrogen-bond acceptors (Lipinski definition) is 6. The first-order chi connectivity index (χ1) is 15.0. The van der Waals surface area contributed by atoms with E-state index in [1.165, 1.54) is 14.2 Å². The molecule has 0 unspecified atom stereocenters. The number of nitrogens with one attached hydrogen (secondary N) is 1. The van der Waals surface area contributed by atoms with Crippen LogP contribution < -0.4 is 5.32 Å². The van der Waals surface area contributed by atoms with Crippen LogP contribution in [0, 0.1) is 5.92 Å². The number of hydrogen-bond donors (Lipinski definition) is 1. The molecule has 162 valence electrons. The van der Waals surface area contributed by atoms with E-state index < -0.39 is 23.4 Å². The van der Waals surface area contributed by atoms with E-state index in [0.29, 0.717) is 13.0 Å². The Kier molecular flexibility index (Phi) is 5.78. The fourth-order valence-corrected chi connectivity index (χ4v) is 4.86. The van der Waals surface area contributed by atoms with Gasteiger partial charge in [0.2, 0.25) is 11.4 Å². The molecule has 7 nitrogen and oxygen atoms in total. The fraction of sp³-hybridized carbons (Fsp3) is 0.375. The van der Waals surface area contributed by atoms with E-state index in [-0.39, 0.29) is 24.4 Å². The number of methoxy groups -OCH3 is 2. The SMILES string of the molecule is COC(=O)C1(C(=O)OC)C[C@@H]2C(=O)N(Cc3ccccc3)[C@@H](Cc3ccccc3)[C@@H]2N1. The molecule has 4 rings (SSSR count). The van der Waals surface area contributed by atoms with Crippen molar-refractivity contribution in [2.24, 2.45) is 5.92 Å². The van der Waals surface area contributed by atoms with Gasteiger partial charge in [-0.3, -0.25) is 10.1 Å². The largest absolute Gasteiger partial charge is 0.467 e. The van der Waals surface area contributed by atoms with Crippen LogP contribution in [-0.4, -0.2) is 54.6 Å². The molecule has 2 heterocycles. The van der Waals surface area contributed by atoms with Crippen LogP contribution in [0.25, 0.3) is 0 Å². The van der Waals surface area contributed by atoms with Gasteiger partial charge in [-0.2, -0.15) is 0 Å². The van der Waals surface area contributed by atoms with Crippen LogP contribution in [0.2, 0.25) is 0 Å². The molecule has 1 N–H and O–H groups in total. The number of benzene rings is 2. The highest BCUT2D eigenvalue weighted by Gasteiger charge is 2.64. The summed E-state index contributed by atoms with van der Waals surface area (Å²) in [7, 11) is 2.46. The summed E-state index contributed by atoms with van der Waals surface area (Å²) in [6.45, 7) is 0.468. The van der Waals surface area contributed by atoms with Crippen molar-refractivity contribution in [1.82, 2.24) is 10.2 Å². The molecule has 31 heavy (non-hydrogen) atoms. The second-order valence-electron chi connectivity index (χ2n) is 8.08. The highest BCUT2D eigenvalue weighted by Crippen LogP contribution is 2.41. The molecule has 0 aromatic heterocycles. The summed E-state index contributed by atoms with van der Waals surface area (Å²) in [5.74, 6) is -2.04. The average Bonchev–Trinajstić information content (AvgIpc) is 3.31. The molecule has 0 saturated carbocycles. The smallest absolute Gasteiger partial charge is 0.337 e. The third-order valence-electron chi connectivity index (χ3n) is 6.34. The Balaban J connectivity index is 1.68. The molecule has 2 aliphatic rings. The lowest BCUT2D eigenvalue weighted by atomic mass is 9.90. The minimum atomic E-state index is -1.66. The van der Waals surface area contributed by atoms with Gasteiger partial charge in [0, 0.05) is 19.0 Å². The topological polar surface area (TPSA) is 84.9 Å². The van der Waals surface area contributed by atoms with Crippen LogP contribution in [0.4, 0.5) is 0 Å². The molecule has 3 atom stereocenters. The van der Waals surface area contributed by atoms with Gasteiger partial charge in [-0.25, -0.2) is 9.59 Å². The molecule has 2 aromatic rings. The number of nitrogens with zero attached hydrogens (tertiary/aromatic N) is 1. The van der Waals surface area contributed by atoms with Gasteiger partial charge >= 0.3 is 11.9 Å². The highest BCUT2D eigenvalue weighted by atomic mass is 16.5. The third kappa shape index (κ3) is 3.70. The number of carbonyl (C=O) groups excluding carboxylic acids is 3. The first-order valence-electron chi connectivity index (χ1n) is 10.3. The van der Waals surface area contributed by atoms with Gasteiger partial charge < -0.3 is 14.4 Å². The molecular formula is C24H26N2O5. The number of fused-ring (bicyclic) bond motifs is 1. The molecule has 2 aliphatic heterocycles. The summed E-state index contributed by atoms with van der Waals surface area (Å²) in [5.41, 5.74) is 0.443. The quantitative estimate of drug-likeness (QED) is 0.564. The Morgan fingerprint density at radius 2 is 1.52 bits per heavy atom. The molecule has 0 radical (unpaired) electrons. The van der Waals surface area contributed by atoms with Gasteiger partial charge in [0.05, 0.1) is 26.2 Å². The second-order valence-corrected chi connectivity index (χ2v) is 8.08. The van der Waals surface area contributed by atoms with Gasteiger partial charge in [0.15, 0.2) is 0 Å². The Morgan fingerprint density at radius 3 is 2.06 bits per heavy atom. The lowest BCUT2D eigenvalue weighted by Crippen LogP contribution is -2.60. The molecule has 2 saturated heterocycles. The van der Waals surface area contributed by atoms with Crippen LogP contribution in [0.3, 0.4) is 0 Å². The van der Waals surface area contributed by atoms with Crippen molar-refractivity contribution in [3.63, 3.8) is 0 Å².